The van der Waals surface area contributed by atoms with Crippen molar-refractivity contribution in [3.63, 3.8) is 0 Å². The van der Waals surface area contributed by atoms with Crippen LogP contribution in [0.5, 0.6) is 0 Å². The average Bonchev–Trinajstić information content (AvgIpc) is 3.09. The number of hydrogen-bond donors (Lipinski definition) is 4. The van der Waals surface area contributed by atoms with Crippen LogP contribution in [0.4, 0.5) is 10.1 Å². The van der Waals surface area contributed by atoms with E-state index in [2.05, 4.69) is 52.6 Å². The first-order chi connectivity index (χ1) is 12.6. The average molecular weight is 446 g/mol. The zero-order valence-electron chi connectivity index (χ0n) is 13.2. The number of rotatable bonds is 7. The lowest BCUT2D eigenvalue weighted by Gasteiger charge is -2.08. The van der Waals surface area contributed by atoms with Crippen molar-refractivity contribution in [2.45, 2.75) is 5.03 Å². The van der Waals surface area contributed by atoms with Crippen LogP contribution in [0.1, 0.15) is 5.69 Å². The predicted octanol–water partition coefficient (Wildman–Crippen LogP) is 1.59. The van der Waals surface area contributed by atoms with Gasteiger partial charge in [0.25, 0.3) is 0 Å². The Kier molecular flexibility index (Phi) is 7.35. The van der Waals surface area contributed by atoms with Gasteiger partial charge in [-0.1, -0.05) is 16.9 Å². The van der Waals surface area contributed by atoms with Crippen molar-refractivity contribution in [3.8, 4) is 0 Å². The Morgan fingerprint density at radius 3 is 2.96 bits per heavy atom. The molecule has 26 heavy (non-hydrogen) atoms. The van der Waals surface area contributed by atoms with Gasteiger partial charge in [0, 0.05) is 12.7 Å². The molecule has 2 rings (SSSR count). The van der Waals surface area contributed by atoms with Crippen LogP contribution in [0.2, 0.25) is 0 Å². The number of carbonyl (C=O) groups is 1. The molecule has 0 aliphatic heterocycles. The van der Waals surface area contributed by atoms with Crippen molar-refractivity contribution in [3.05, 3.63) is 34.2 Å². The monoisotopic (exact) mass is 445 g/mol. The van der Waals surface area contributed by atoms with Gasteiger partial charge < -0.3 is 21.3 Å². The molecule has 0 atom stereocenters. The number of nitrogens with zero attached hydrogens (tertiary/aromatic N) is 4. The minimum absolute atomic E-state index is 0.0530. The number of anilines is 1. The van der Waals surface area contributed by atoms with Gasteiger partial charge in [0.1, 0.15) is 11.7 Å². The number of halogens is 2. The van der Waals surface area contributed by atoms with Crippen molar-refractivity contribution in [2.75, 3.05) is 18.1 Å². The topological polar surface area (TPSA) is 137 Å². The quantitative estimate of drug-likeness (QED) is 0.126. The molecule has 0 bridgehead atoms. The maximum Gasteiger partial charge on any atom is 0.212 e. The van der Waals surface area contributed by atoms with E-state index in [1.807, 2.05) is 0 Å². The Balaban J connectivity index is 2.14. The van der Waals surface area contributed by atoms with E-state index in [0.717, 1.165) is 11.8 Å². The molecule has 1 aromatic carbocycles. The molecular weight excluding hydrogens is 433 g/mol. The molecule has 0 spiro atoms. The lowest BCUT2D eigenvalue weighted by Crippen LogP contribution is -2.26. The lowest BCUT2D eigenvalue weighted by molar-refractivity contribution is -0.108. The number of thioether (sulfide) groups is 1. The number of hydrogen-bond acceptors (Lipinski definition) is 9. The third-order valence-electron chi connectivity index (χ3n) is 2.78. The number of hydrazone groups is 1. The Bertz CT molecular complexity index is 830. The molecule has 1 amide bonds. The number of oxime groups is 1. The van der Waals surface area contributed by atoms with Crippen LogP contribution in [-0.4, -0.2) is 46.4 Å². The summed E-state index contributed by atoms with van der Waals surface area (Å²) in [6, 6.07) is 4.16. The van der Waals surface area contributed by atoms with Crippen LogP contribution < -0.4 is 16.1 Å². The van der Waals surface area contributed by atoms with Crippen molar-refractivity contribution >= 4 is 51.5 Å². The number of nitrogens with one attached hydrogen (secondary N) is 3. The molecular formula is C13H13BrFN7O3S. The van der Waals surface area contributed by atoms with Gasteiger partial charge >= 0.3 is 0 Å². The van der Waals surface area contributed by atoms with E-state index >= 15 is 0 Å². The van der Waals surface area contributed by atoms with Crippen LogP contribution in [-0.2, 0) is 4.79 Å². The third-order valence-corrected chi connectivity index (χ3v) is 4.35. The third kappa shape index (κ3) is 5.16. The van der Waals surface area contributed by atoms with Crippen molar-refractivity contribution < 1.29 is 19.0 Å². The molecule has 0 unspecified atom stereocenters. The summed E-state index contributed by atoms with van der Waals surface area (Å²) in [5, 5.41) is 29.3. The van der Waals surface area contributed by atoms with E-state index in [0.29, 0.717) is 23.0 Å². The number of amides is 1. The van der Waals surface area contributed by atoms with E-state index < -0.39 is 5.82 Å². The summed E-state index contributed by atoms with van der Waals surface area (Å²) >= 11 is 4.21. The Morgan fingerprint density at radius 1 is 1.50 bits per heavy atom. The normalized spacial score (nSPS) is 12.0. The first kappa shape index (κ1) is 19.7. The fourth-order valence-electron chi connectivity index (χ4n) is 1.71. The second kappa shape index (κ2) is 9.72. The summed E-state index contributed by atoms with van der Waals surface area (Å²) in [4.78, 5) is 10.6. The molecule has 4 N–H and O–H groups in total. The van der Waals surface area contributed by atoms with Crippen LogP contribution >= 0.6 is 27.7 Å². The smallest absolute Gasteiger partial charge is 0.212 e. The summed E-state index contributed by atoms with van der Waals surface area (Å²) in [5.74, 6) is 0.0974. The van der Waals surface area contributed by atoms with Gasteiger partial charge in [0.05, 0.1) is 10.2 Å². The molecule has 1 aromatic heterocycles. The van der Waals surface area contributed by atoms with Gasteiger partial charge in [-0.3, -0.25) is 4.79 Å². The van der Waals surface area contributed by atoms with Crippen LogP contribution in [0.25, 0.3) is 0 Å². The summed E-state index contributed by atoms with van der Waals surface area (Å²) in [6.45, 7) is 0. The van der Waals surface area contributed by atoms with Crippen molar-refractivity contribution in [1.82, 2.24) is 21.1 Å². The molecule has 0 fully saturated rings. The Hall–Kier alpha value is -2.67. The molecule has 10 nitrogen and oxygen atoms in total. The first-order valence-electron chi connectivity index (χ1n) is 6.92. The van der Waals surface area contributed by atoms with E-state index in [1.165, 1.54) is 18.2 Å². The maximum absolute atomic E-state index is 13.3. The van der Waals surface area contributed by atoms with Crippen LogP contribution in [0.15, 0.2) is 42.6 Å². The molecule has 0 aliphatic rings. The molecule has 138 valence electrons. The molecule has 0 aliphatic carbocycles. The highest BCUT2D eigenvalue weighted by atomic mass is 79.9. The summed E-state index contributed by atoms with van der Waals surface area (Å²) < 4.78 is 18.2. The van der Waals surface area contributed by atoms with Gasteiger partial charge in [-0.2, -0.15) is 5.10 Å². The van der Waals surface area contributed by atoms with Crippen LogP contribution in [0.3, 0.4) is 0 Å². The van der Waals surface area contributed by atoms with Crippen LogP contribution in [0, 0.1) is 5.82 Å². The number of benzene rings is 1. The summed E-state index contributed by atoms with van der Waals surface area (Å²) in [7, 11) is 1.58. The first-order valence-corrected chi connectivity index (χ1v) is 8.70. The minimum Gasteiger partial charge on any atom is -0.409 e. The van der Waals surface area contributed by atoms with E-state index in [4.69, 9.17) is 4.63 Å². The minimum atomic E-state index is -0.434. The largest absolute Gasteiger partial charge is 0.409 e. The zero-order chi connectivity index (χ0) is 18.9. The Morgan fingerprint density at radius 2 is 2.31 bits per heavy atom. The maximum atomic E-state index is 13.3. The van der Waals surface area contributed by atoms with Gasteiger partial charge in [0.15, 0.2) is 10.7 Å². The standard InChI is InChI=1S/C13H13BrFN7O3S/c1-16-19-10(17-6-23)5-26-13-11(21-25-22-13)12(20-24)18-7-2-3-9(15)8(14)4-7/h2-4,6,16,24H,5H2,1H3,(H,18,20)(H,17,19,23). The highest BCUT2D eigenvalue weighted by molar-refractivity contribution is 9.10. The van der Waals surface area contributed by atoms with E-state index in [1.54, 1.807) is 7.05 Å². The molecule has 1 heterocycles. The number of carbonyl (C=O) groups excluding carboxylic acids is 1. The fourth-order valence-corrected chi connectivity index (χ4v) is 2.86. The van der Waals surface area contributed by atoms with Crippen molar-refractivity contribution in [1.29, 1.82) is 0 Å². The number of amidine groups is 2. The summed E-state index contributed by atoms with van der Waals surface area (Å²) in [6.07, 6.45) is 0.493. The lowest BCUT2D eigenvalue weighted by atomic mass is 10.3. The van der Waals surface area contributed by atoms with Gasteiger partial charge in [-0.05, 0) is 44.4 Å². The SMILES string of the molecule is CN/N=C(/CSc1nonc1/C(=N/O)Nc1ccc(F)c(Br)c1)NC=O. The van der Waals surface area contributed by atoms with Gasteiger partial charge in [-0.25, -0.2) is 9.02 Å². The Labute approximate surface area is 159 Å². The predicted molar refractivity (Wildman–Crippen MR) is 96.8 cm³/mol. The highest BCUT2D eigenvalue weighted by Gasteiger charge is 2.19. The highest BCUT2D eigenvalue weighted by Crippen LogP contribution is 2.23. The summed E-state index contributed by atoms with van der Waals surface area (Å²) in [5.41, 5.74) is 3.14. The molecule has 0 saturated heterocycles. The van der Waals surface area contributed by atoms with E-state index in [9.17, 15) is 14.4 Å². The van der Waals surface area contributed by atoms with Gasteiger partial charge in [-0.15, -0.1) is 0 Å². The van der Waals surface area contributed by atoms with Gasteiger partial charge in [0.2, 0.25) is 12.2 Å². The number of aromatic nitrogens is 2. The fraction of sp³-hybridized carbons (Fsp3) is 0.154. The second-order valence-electron chi connectivity index (χ2n) is 4.45. The molecule has 13 heteroatoms. The second-order valence-corrected chi connectivity index (χ2v) is 6.27. The molecule has 2 aromatic rings. The zero-order valence-corrected chi connectivity index (χ0v) is 15.6. The van der Waals surface area contributed by atoms with E-state index in [-0.39, 0.29) is 21.8 Å². The van der Waals surface area contributed by atoms with Crippen molar-refractivity contribution in [2.24, 2.45) is 10.3 Å². The molecule has 0 saturated carbocycles. The molecule has 0 radical (unpaired) electrons.